The summed E-state index contributed by atoms with van der Waals surface area (Å²) in [7, 11) is -3.32. The van der Waals surface area contributed by atoms with Gasteiger partial charge in [0, 0.05) is 22.8 Å². The Morgan fingerprint density at radius 1 is 1.13 bits per heavy atom. The van der Waals surface area contributed by atoms with Gasteiger partial charge in [0.25, 0.3) is 0 Å². The molecule has 1 atom stereocenters. The average molecular weight is 476 g/mol. The van der Waals surface area contributed by atoms with Gasteiger partial charge in [-0.2, -0.15) is 0 Å². The lowest BCUT2D eigenvalue weighted by atomic mass is 10.1. The van der Waals surface area contributed by atoms with Crippen molar-refractivity contribution in [1.82, 2.24) is 4.90 Å². The second-order valence-electron chi connectivity index (χ2n) is 8.79. The molecular weight excluding hydrogens is 450 g/mol. The lowest BCUT2D eigenvalue weighted by Gasteiger charge is -2.16. The van der Waals surface area contributed by atoms with E-state index >= 15 is 0 Å². The largest absolute Gasteiger partial charge is 0.490 e. The molecule has 0 unspecified atom stereocenters. The number of hydrogen-bond donors (Lipinski definition) is 0. The van der Waals surface area contributed by atoms with Crippen LogP contribution >= 0.6 is 22.9 Å². The highest BCUT2D eigenvalue weighted by Gasteiger charge is 2.30. The van der Waals surface area contributed by atoms with Crippen molar-refractivity contribution in [3.63, 3.8) is 0 Å². The lowest BCUT2D eigenvalue weighted by Crippen LogP contribution is -2.23. The second kappa shape index (κ2) is 8.39. The second-order valence-corrected chi connectivity index (χ2v) is 12.5. The van der Waals surface area contributed by atoms with Gasteiger partial charge in [0.05, 0.1) is 11.9 Å². The summed E-state index contributed by atoms with van der Waals surface area (Å²) >= 11 is 7.47. The lowest BCUT2D eigenvalue weighted by molar-refractivity contribution is 0.302. The number of ether oxygens (including phenoxy) is 1. The Morgan fingerprint density at radius 2 is 1.90 bits per heavy atom. The molecule has 3 aromatic rings. The first-order chi connectivity index (χ1) is 14.9. The summed E-state index contributed by atoms with van der Waals surface area (Å²) < 4.78 is 33.7. The molecule has 7 heteroatoms. The molecule has 0 amide bonds. The highest BCUT2D eigenvalue weighted by atomic mass is 35.5. The van der Waals surface area contributed by atoms with Crippen LogP contribution in [0.1, 0.15) is 30.4 Å². The van der Waals surface area contributed by atoms with E-state index in [1.54, 1.807) is 0 Å². The molecule has 2 aliphatic rings. The minimum Gasteiger partial charge on any atom is -0.490 e. The number of nitrogens with zero attached hydrogens (tertiary/aromatic N) is 1. The van der Waals surface area contributed by atoms with Crippen molar-refractivity contribution < 1.29 is 13.2 Å². The van der Waals surface area contributed by atoms with Gasteiger partial charge in [-0.1, -0.05) is 23.7 Å². The van der Waals surface area contributed by atoms with Crippen molar-refractivity contribution in [2.24, 2.45) is 5.92 Å². The van der Waals surface area contributed by atoms with Gasteiger partial charge in [-0.15, -0.1) is 11.3 Å². The minimum absolute atomic E-state index is 0.163. The van der Waals surface area contributed by atoms with E-state index in [2.05, 4.69) is 17.0 Å². The first-order valence-corrected chi connectivity index (χ1v) is 13.6. The van der Waals surface area contributed by atoms with Crippen molar-refractivity contribution >= 4 is 42.9 Å². The molecule has 0 bridgehead atoms. The topological polar surface area (TPSA) is 46.6 Å². The van der Waals surface area contributed by atoms with Crippen molar-refractivity contribution in [2.45, 2.75) is 43.0 Å². The summed E-state index contributed by atoms with van der Waals surface area (Å²) in [5.41, 5.74) is 2.06. The molecule has 1 saturated heterocycles. The van der Waals surface area contributed by atoms with Gasteiger partial charge in [-0.05, 0) is 85.5 Å². The monoisotopic (exact) mass is 475 g/mol. The first-order valence-electron chi connectivity index (χ1n) is 10.8. The van der Waals surface area contributed by atoms with Crippen molar-refractivity contribution in [3.8, 4) is 5.75 Å². The van der Waals surface area contributed by atoms with Crippen LogP contribution in [0.5, 0.6) is 5.75 Å². The summed E-state index contributed by atoms with van der Waals surface area (Å²) in [6, 6.07) is 13.9. The molecule has 1 aromatic heterocycles. The van der Waals surface area contributed by atoms with E-state index in [1.165, 1.54) is 16.9 Å². The standard InChI is InChI=1S/C24H26ClNO3S2/c1-16-22-12-19(25)4-9-23(22)30-24(16)31(27,28)15-18-10-11-26(14-18)13-17-2-5-20(6-3-17)29-21-7-8-21/h2-6,9,12,18,21H,7-8,10-11,13-15H2,1H3/t18-/m1/s1. The Morgan fingerprint density at radius 3 is 2.65 bits per heavy atom. The number of thiophene rings is 1. The Labute approximate surface area is 192 Å². The maximum Gasteiger partial charge on any atom is 0.188 e. The SMILES string of the molecule is Cc1c(S(=O)(=O)C[C@@H]2CCN(Cc3ccc(OC4CC4)cc3)C2)sc2ccc(Cl)cc12. The molecule has 1 aliphatic heterocycles. The summed E-state index contributed by atoms with van der Waals surface area (Å²) in [4.78, 5) is 2.36. The molecule has 0 spiro atoms. The number of fused-ring (bicyclic) bond motifs is 1. The molecule has 0 radical (unpaired) electrons. The molecule has 2 aromatic carbocycles. The van der Waals surface area contributed by atoms with Crippen molar-refractivity contribution in [3.05, 3.63) is 58.6 Å². The van der Waals surface area contributed by atoms with Crippen LogP contribution in [0.25, 0.3) is 10.1 Å². The van der Waals surface area contributed by atoms with Crippen LogP contribution in [0.3, 0.4) is 0 Å². The molecular formula is C24H26ClNO3S2. The van der Waals surface area contributed by atoms with Crippen LogP contribution in [0.15, 0.2) is 46.7 Å². The Kier molecular flexibility index (Phi) is 5.76. The smallest absolute Gasteiger partial charge is 0.188 e. The van der Waals surface area contributed by atoms with Crippen molar-refractivity contribution in [1.29, 1.82) is 0 Å². The third-order valence-corrected chi connectivity index (χ3v) is 10.2. The number of benzene rings is 2. The van der Waals surface area contributed by atoms with Gasteiger partial charge in [0.2, 0.25) is 0 Å². The van der Waals surface area contributed by atoms with Gasteiger partial charge in [0.1, 0.15) is 9.96 Å². The molecule has 31 heavy (non-hydrogen) atoms. The van der Waals surface area contributed by atoms with E-state index in [1.807, 2.05) is 37.3 Å². The molecule has 4 nitrogen and oxygen atoms in total. The fourth-order valence-electron chi connectivity index (χ4n) is 4.36. The molecule has 1 aliphatic carbocycles. The zero-order valence-electron chi connectivity index (χ0n) is 17.5. The van der Waals surface area contributed by atoms with Crippen LogP contribution in [-0.2, 0) is 16.4 Å². The number of likely N-dealkylation sites (tertiary alicyclic amines) is 1. The molecule has 0 N–H and O–H groups in total. The van der Waals surface area contributed by atoms with E-state index in [9.17, 15) is 8.42 Å². The minimum atomic E-state index is -3.32. The molecule has 2 fully saturated rings. The Bertz CT molecular complexity index is 1200. The average Bonchev–Trinajstić information content (AvgIpc) is 3.35. The van der Waals surface area contributed by atoms with Gasteiger partial charge < -0.3 is 4.74 Å². The maximum absolute atomic E-state index is 13.2. The van der Waals surface area contributed by atoms with Crippen LogP contribution in [0.4, 0.5) is 0 Å². The number of rotatable bonds is 7. The fourth-order valence-corrected chi connectivity index (χ4v) is 8.05. The number of sulfone groups is 1. The van der Waals surface area contributed by atoms with E-state index in [-0.39, 0.29) is 11.7 Å². The van der Waals surface area contributed by atoms with Crippen LogP contribution in [-0.4, -0.2) is 38.3 Å². The van der Waals surface area contributed by atoms with Crippen LogP contribution < -0.4 is 4.74 Å². The predicted molar refractivity (Wildman–Crippen MR) is 127 cm³/mol. The first kappa shape index (κ1) is 21.3. The Hall–Kier alpha value is -1.60. The van der Waals surface area contributed by atoms with Gasteiger partial charge in [-0.3, -0.25) is 4.90 Å². The van der Waals surface area contributed by atoms with E-state index in [0.717, 1.165) is 60.3 Å². The quantitative estimate of drug-likeness (QED) is 0.439. The van der Waals surface area contributed by atoms with Crippen molar-refractivity contribution in [2.75, 3.05) is 18.8 Å². The Balaban J connectivity index is 1.22. The van der Waals surface area contributed by atoms with E-state index in [0.29, 0.717) is 15.3 Å². The third kappa shape index (κ3) is 4.77. The number of aryl methyl sites for hydroxylation is 1. The summed E-state index contributed by atoms with van der Waals surface area (Å²) in [6.45, 7) is 4.48. The highest BCUT2D eigenvalue weighted by Crippen LogP contribution is 2.37. The van der Waals surface area contributed by atoms with Gasteiger partial charge in [0.15, 0.2) is 9.84 Å². The summed E-state index contributed by atoms with van der Waals surface area (Å²) in [5, 5.41) is 1.58. The van der Waals surface area contributed by atoms with Gasteiger partial charge in [-0.25, -0.2) is 8.42 Å². The van der Waals surface area contributed by atoms with E-state index in [4.69, 9.17) is 16.3 Å². The molecule has 164 valence electrons. The highest BCUT2D eigenvalue weighted by molar-refractivity contribution is 7.93. The molecule has 2 heterocycles. The van der Waals surface area contributed by atoms with Crippen LogP contribution in [0, 0.1) is 12.8 Å². The van der Waals surface area contributed by atoms with E-state index < -0.39 is 9.84 Å². The fraction of sp³-hybridized carbons (Fsp3) is 0.417. The zero-order chi connectivity index (χ0) is 21.6. The summed E-state index contributed by atoms with van der Waals surface area (Å²) in [6.07, 6.45) is 3.65. The normalized spacial score (nSPS) is 19.9. The van der Waals surface area contributed by atoms with Gasteiger partial charge >= 0.3 is 0 Å². The molecule has 1 saturated carbocycles. The maximum atomic E-state index is 13.2. The number of halogens is 1. The summed E-state index contributed by atoms with van der Waals surface area (Å²) in [5.74, 6) is 1.31. The van der Waals surface area contributed by atoms with Crippen LogP contribution in [0.2, 0.25) is 5.02 Å². The predicted octanol–water partition coefficient (Wildman–Crippen LogP) is 5.70. The third-order valence-electron chi connectivity index (χ3n) is 6.12. The number of hydrogen-bond acceptors (Lipinski definition) is 5. The zero-order valence-corrected chi connectivity index (χ0v) is 19.9. The molecule has 5 rings (SSSR count).